The SMILES string of the molecule is Cc1cc(N(C)C(C)c2ccc(Cl)cc2)ccc1CN. The fourth-order valence-corrected chi connectivity index (χ4v) is 2.44. The van der Waals surface area contributed by atoms with Crippen molar-refractivity contribution in [3.63, 3.8) is 0 Å². The molecule has 0 fully saturated rings. The van der Waals surface area contributed by atoms with Crippen LogP contribution in [-0.2, 0) is 6.54 Å². The van der Waals surface area contributed by atoms with Crippen LogP contribution in [0.3, 0.4) is 0 Å². The zero-order chi connectivity index (χ0) is 14.7. The lowest BCUT2D eigenvalue weighted by Gasteiger charge is -2.28. The zero-order valence-corrected chi connectivity index (χ0v) is 13.0. The van der Waals surface area contributed by atoms with Crippen LogP contribution in [0.4, 0.5) is 5.69 Å². The third kappa shape index (κ3) is 3.14. The average Bonchev–Trinajstić information content (AvgIpc) is 2.46. The van der Waals surface area contributed by atoms with Gasteiger partial charge in [0.2, 0.25) is 0 Å². The standard InChI is InChI=1S/C17H21ClN2/c1-12-10-17(9-6-15(12)11-19)20(3)13(2)14-4-7-16(18)8-5-14/h4-10,13H,11,19H2,1-3H3. The zero-order valence-electron chi connectivity index (χ0n) is 12.2. The van der Waals surface area contributed by atoms with Gasteiger partial charge in [0.15, 0.2) is 0 Å². The highest BCUT2D eigenvalue weighted by Crippen LogP contribution is 2.27. The monoisotopic (exact) mass is 288 g/mol. The van der Waals surface area contributed by atoms with Gasteiger partial charge in [0.1, 0.15) is 0 Å². The van der Waals surface area contributed by atoms with Crippen LogP contribution in [0.5, 0.6) is 0 Å². The second kappa shape index (κ2) is 6.29. The Morgan fingerprint density at radius 2 is 1.80 bits per heavy atom. The largest absolute Gasteiger partial charge is 0.368 e. The van der Waals surface area contributed by atoms with Gasteiger partial charge in [-0.25, -0.2) is 0 Å². The van der Waals surface area contributed by atoms with E-state index in [1.807, 2.05) is 12.1 Å². The van der Waals surface area contributed by atoms with Crippen molar-refractivity contribution in [2.45, 2.75) is 26.4 Å². The number of aryl methyl sites for hydroxylation is 1. The molecule has 2 nitrogen and oxygen atoms in total. The Morgan fingerprint density at radius 3 is 2.35 bits per heavy atom. The molecule has 0 spiro atoms. The third-order valence-electron chi connectivity index (χ3n) is 3.89. The molecule has 0 aliphatic heterocycles. The lowest BCUT2D eigenvalue weighted by molar-refractivity contribution is 0.739. The minimum absolute atomic E-state index is 0.287. The summed E-state index contributed by atoms with van der Waals surface area (Å²) < 4.78 is 0. The molecule has 2 aromatic rings. The summed E-state index contributed by atoms with van der Waals surface area (Å²) >= 11 is 5.94. The molecule has 2 rings (SSSR count). The summed E-state index contributed by atoms with van der Waals surface area (Å²) in [6, 6.07) is 14.7. The van der Waals surface area contributed by atoms with E-state index in [-0.39, 0.29) is 6.04 Å². The number of halogens is 1. The molecule has 0 radical (unpaired) electrons. The van der Waals surface area contributed by atoms with Crippen LogP contribution in [0, 0.1) is 6.92 Å². The molecule has 20 heavy (non-hydrogen) atoms. The first kappa shape index (κ1) is 14.9. The molecular formula is C17H21ClN2. The van der Waals surface area contributed by atoms with Gasteiger partial charge in [0, 0.05) is 24.3 Å². The van der Waals surface area contributed by atoms with E-state index in [1.54, 1.807) is 0 Å². The van der Waals surface area contributed by atoms with Crippen LogP contribution in [0.2, 0.25) is 5.02 Å². The van der Waals surface area contributed by atoms with Crippen LogP contribution >= 0.6 is 11.6 Å². The van der Waals surface area contributed by atoms with E-state index in [0.717, 1.165) is 5.02 Å². The molecule has 106 valence electrons. The Hall–Kier alpha value is -1.51. The van der Waals surface area contributed by atoms with Gasteiger partial charge in [-0.1, -0.05) is 29.8 Å². The van der Waals surface area contributed by atoms with Gasteiger partial charge in [-0.3, -0.25) is 0 Å². The van der Waals surface area contributed by atoms with Crippen LogP contribution in [0.15, 0.2) is 42.5 Å². The van der Waals surface area contributed by atoms with Crippen molar-refractivity contribution in [1.82, 2.24) is 0 Å². The fourth-order valence-electron chi connectivity index (χ4n) is 2.32. The molecule has 2 N–H and O–H groups in total. The maximum absolute atomic E-state index is 5.94. The number of benzene rings is 2. The minimum atomic E-state index is 0.287. The highest BCUT2D eigenvalue weighted by atomic mass is 35.5. The molecular weight excluding hydrogens is 268 g/mol. The van der Waals surface area contributed by atoms with Crippen molar-refractivity contribution in [1.29, 1.82) is 0 Å². The summed E-state index contributed by atoms with van der Waals surface area (Å²) in [4.78, 5) is 2.26. The number of hydrogen-bond acceptors (Lipinski definition) is 2. The second-order valence-corrected chi connectivity index (χ2v) is 5.59. The summed E-state index contributed by atoms with van der Waals surface area (Å²) in [6.45, 7) is 4.88. The highest BCUT2D eigenvalue weighted by Gasteiger charge is 2.13. The summed E-state index contributed by atoms with van der Waals surface area (Å²) in [5.41, 5.74) is 10.6. The van der Waals surface area contributed by atoms with Gasteiger partial charge in [0.25, 0.3) is 0 Å². The first-order chi connectivity index (χ1) is 9.52. The second-order valence-electron chi connectivity index (χ2n) is 5.15. The smallest absolute Gasteiger partial charge is 0.0511 e. The Kier molecular flexibility index (Phi) is 4.69. The van der Waals surface area contributed by atoms with Crippen LogP contribution < -0.4 is 10.6 Å². The van der Waals surface area contributed by atoms with E-state index in [9.17, 15) is 0 Å². The molecule has 0 saturated heterocycles. The van der Waals surface area contributed by atoms with E-state index in [1.165, 1.54) is 22.4 Å². The molecule has 0 aliphatic carbocycles. The molecule has 0 bridgehead atoms. The number of nitrogens with zero attached hydrogens (tertiary/aromatic N) is 1. The van der Waals surface area contributed by atoms with Crippen molar-refractivity contribution < 1.29 is 0 Å². The minimum Gasteiger partial charge on any atom is -0.368 e. The fraction of sp³-hybridized carbons (Fsp3) is 0.294. The van der Waals surface area contributed by atoms with Crippen molar-refractivity contribution in [3.8, 4) is 0 Å². The lowest BCUT2D eigenvalue weighted by atomic mass is 10.0. The number of anilines is 1. The summed E-state index contributed by atoms with van der Waals surface area (Å²) in [5, 5.41) is 0.770. The molecule has 1 unspecified atom stereocenters. The highest BCUT2D eigenvalue weighted by molar-refractivity contribution is 6.30. The van der Waals surface area contributed by atoms with Crippen LogP contribution in [0.1, 0.15) is 29.7 Å². The van der Waals surface area contributed by atoms with Gasteiger partial charge >= 0.3 is 0 Å². The normalized spacial score (nSPS) is 12.2. The third-order valence-corrected chi connectivity index (χ3v) is 4.14. The Balaban J connectivity index is 2.24. The molecule has 0 amide bonds. The molecule has 2 aromatic carbocycles. The van der Waals surface area contributed by atoms with E-state index in [0.29, 0.717) is 6.54 Å². The molecule has 3 heteroatoms. The summed E-state index contributed by atoms with van der Waals surface area (Å²) in [5.74, 6) is 0. The summed E-state index contributed by atoms with van der Waals surface area (Å²) in [6.07, 6.45) is 0. The maximum Gasteiger partial charge on any atom is 0.0511 e. The Labute approximate surface area is 126 Å². The van der Waals surface area contributed by atoms with Crippen LogP contribution in [-0.4, -0.2) is 7.05 Å². The summed E-state index contributed by atoms with van der Waals surface area (Å²) in [7, 11) is 2.11. The molecule has 0 aliphatic rings. The molecule has 0 heterocycles. The van der Waals surface area contributed by atoms with E-state index >= 15 is 0 Å². The van der Waals surface area contributed by atoms with Crippen molar-refractivity contribution >= 4 is 17.3 Å². The van der Waals surface area contributed by atoms with Gasteiger partial charge in [-0.05, 0) is 54.8 Å². The van der Waals surface area contributed by atoms with E-state index < -0.39 is 0 Å². The van der Waals surface area contributed by atoms with Gasteiger partial charge in [-0.15, -0.1) is 0 Å². The maximum atomic E-state index is 5.94. The van der Waals surface area contributed by atoms with Crippen molar-refractivity contribution in [2.24, 2.45) is 5.73 Å². The van der Waals surface area contributed by atoms with E-state index in [2.05, 4.69) is 56.1 Å². The average molecular weight is 289 g/mol. The predicted octanol–water partition coefficient (Wildman–Crippen LogP) is 4.30. The van der Waals surface area contributed by atoms with Crippen molar-refractivity contribution in [3.05, 3.63) is 64.2 Å². The lowest BCUT2D eigenvalue weighted by Crippen LogP contribution is -2.21. The molecule has 1 atom stereocenters. The van der Waals surface area contributed by atoms with Crippen LogP contribution in [0.25, 0.3) is 0 Å². The first-order valence-electron chi connectivity index (χ1n) is 6.81. The number of nitrogens with two attached hydrogens (primary N) is 1. The Bertz CT molecular complexity index is 578. The quantitative estimate of drug-likeness (QED) is 0.908. The van der Waals surface area contributed by atoms with E-state index in [4.69, 9.17) is 17.3 Å². The van der Waals surface area contributed by atoms with Gasteiger partial charge in [0.05, 0.1) is 6.04 Å². The van der Waals surface area contributed by atoms with Gasteiger partial charge in [-0.2, -0.15) is 0 Å². The molecule has 0 saturated carbocycles. The number of hydrogen-bond donors (Lipinski definition) is 1. The van der Waals surface area contributed by atoms with Gasteiger partial charge < -0.3 is 10.6 Å². The predicted molar refractivity (Wildman–Crippen MR) is 87.3 cm³/mol. The first-order valence-corrected chi connectivity index (χ1v) is 7.18. The Morgan fingerprint density at radius 1 is 1.15 bits per heavy atom. The molecule has 0 aromatic heterocycles. The number of rotatable bonds is 4. The topological polar surface area (TPSA) is 29.3 Å². The van der Waals surface area contributed by atoms with Crippen molar-refractivity contribution in [2.75, 3.05) is 11.9 Å².